The first-order valence-electron chi connectivity index (χ1n) is 11.6. The summed E-state index contributed by atoms with van der Waals surface area (Å²) in [6.07, 6.45) is 1.45. The van der Waals surface area contributed by atoms with Crippen molar-refractivity contribution >= 4 is 16.9 Å². The standard InChI is InChI=1S/C26H31N5O2/c1-16(2)15-22(26-28-20-7-5-6-8-21(20)29-26)27-23(32)13-14-24-30-25(31-33-24)19-11-9-18(10-12-19)17(3)4/h5-12,16-17,22H,13-15H2,1-4H3,(H,27,32)(H,28,29). The number of H-pyrrole nitrogens is 1. The van der Waals surface area contributed by atoms with E-state index in [-0.39, 0.29) is 18.4 Å². The van der Waals surface area contributed by atoms with Crippen LogP contribution in [0.2, 0.25) is 0 Å². The Hall–Kier alpha value is -3.48. The smallest absolute Gasteiger partial charge is 0.227 e. The molecule has 0 aliphatic carbocycles. The zero-order chi connectivity index (χ0) is 23.4. The highest BCUT2D eigenvalue weighted by Crippen LogP contribution is 2.23. The number of nitrogens with one attached hydrogen (secondary N) is 2. The van der Waals surface area contributed by atoms with Crippen LogP contribution in [0.25, 0.3) is 22.4 Å². The molecule has 172 valence electrons. The largest absolute Gasteiger partial charge is 0.346 e. The second-order valence-electron chi connectivity index (χ2n) is 9.18. The quantitative estimate of drug-likeness (QED) is 0.351. The molecule has 4 rings (SSSR count). The van der Waals surface area contributed by atoms with Crippen molar-refractivity contribution in [2.24, 2.45) is 5.92 Å². The lowest BCUT2D eigenvalue weighted by atomic mass is 10.0. The van der Waals surface area contributed by atoms with Crippen molar-refractivity contribution < 1.29 is 9.32 Å². The van der Waals surface area contributed by atoms with Crippen LogP contribution in [0.1, 0.15) is 69.8 Å². The van der Waals surface area contributed by atoms with Crippen molar-refractivity contribution in [2.75, 3.05) is 0 Å². The van der Waals surface area contributed by atoms with Gasteiger partial charge in [0.2, 0.25) is 17.6 Å². The summed E-state index contributed by atoms with van der Waals surface area (Å²) in [5.41, 5.74) is 4.03. The molecule has 4 aromatic rings. The van der Waals surface area contributed by atoms with Crippen LogP contribution in [0.4, 0.5) is 0 Å². The van der Waals surface area contributed by atoms with Crippen molar-refractivity contribution in [2.45, 2.75) is 58.9 Å². The summed E-state index contributed by atoms with van der Waals surface area (Å²) in [5.74, 6) is 2.59. The number of amides is 1. The van der Waals surface area contributed by atoms with Crippen molar-refractivity contribution in [3.05, 3.63) is 65.8 Å². The van der Waals surface area contributed by atoms with E-state index in [0.29, 0.717) is 30.0 Å². The van der Waals surface area contributed by atoms with Gasteiger partial charge in [0, 0.05) is 18.4 Å². The van der Waals surface area contributed by atoms with E-state index in [4.69, 9.17) is 4.52 Å². The highest BCUT2D eigenvalue weighted by molar-refractivity contribution is 5.77. The SMILES string of the molecule is CC(C)CC(NC(=O)CCc1nc(-c2ccc(C(C)C)cc2)no1)c1nc2ccccc2[nH]1. The van der Waals surface area contributed by atoms with E-state index in [9.17, 15) is 4.79 Å². The summed E-state index contributed by atoms with van der Waals surface area (Å²) < 4.78 is 5.38. The minimum atomic E-state index is -0.178. The monoisotopic (exact) mass is 445 g/mol. The summed E-state index contributed by atoms with van der Waals surface area (Å²) in [4.78, 5) is 25.2. The molecule has 0 spiro atoms. The number of aromatic amines is 1. The molecule has 7 heteroatoms. The van der Waals surface area contributed by atoms with Crippen molar-refractivity contribution in [1.82, 2.24) is 25.4 Å². The lowest BCUT2D eigenvalue weighted by molar-refractivity contribution is -0.122. The molecular formula is C26H31N5O2. The fourth-order valence-electron chi connectivity index (χ4n) is 3.83. The molecule has 2 heterocycles. The first kappa shape index (κ1) is 22.7. The Balaban J connectivity index is 1.38. The molecular weight excluding hydrogens is 414 g/mol. The van der Waals surface area contributed by atoms with Crippen LogP contribution in [0, 0.1) is 5.92 Å². The average Bonchev–Trinajstić information content (AvgIpc) is 3.44. The van der Waals surface area contributed by atoms with Crippen LogP contribution in [0.3, 0.4) is 0 Å². The Morgan fingerprint density at radius 2 is 1.79 bits per heavy atom. The van der Waals surface area contributed by atoms with E-state index in [1.54, 1.807) is 0 Å². The van der Waals surface area contributed by atoms with Gasteiger partial charge in [-0.3, -0.25) is 4.79 Å². The number of aryl methyl sites for hydroxylation is 1. The van der Waals surface area contributed by atoms with Gasteiger partial charge in [0.05, 0.1) is 17.1 Å². The fourth-order valence-corrected chi connectivity index (χ4v) is 3.83. The summed E-state index contributed by atoms with van der Waals surface area (Å²) in [7, 11) is 0. The second-order valence-corrected chi connectivity index (χ2v) is 9.18. The van der Waals surface area contributed by atoms with E-state index in [2.05, 4.69) is 65.3 Å². The van der Waals surface area contributed by atoms with Gasteiger partial charge in [-0.1, -0.05) is 69.2 Å². The van der Waals surface area contributed by atoms with Gasteiger partial charge < -0.3 is 14.8 Å². The van der Waals surface area contributed by atoms with Gasteiger partial charge in [-0.05, 0) is 36.0 Å². The van der Waals surface area contributed by atoms with Crippen molar-refractivity contribution in [3.63, 3.8) is 0 Å². The maximum absolute atomic E-state index is 12.7. The number of rotatable bonds is 9. The number of nitrogens with zero attached hydrogens (tertiary/aromatic N) is 3. The number of benzene rings is 2. The van der Waals surface area contributed by atoms with E-state index in [1.165, 1.54) is 5.56 Å². The molecule has 1 atom stereocenters. The average molecular weight is 446 g/mol. The van der Waals surface area contributed by atoms with Crippen LogP contribution >= 0.6 is 0 Å². The first-order valence-corrected chi connectivity index (χ1v) is 11.6. The minimum absolute atomic E-state index is 0.0675. The van der Waals surface area contributed by atoms with Gasteiger partial charge in [0.15, 0.2) is 0 Å². The van der Waals surface area contributed by atoms with Crippen LogP contribution in [-0.4, -0.2) is 26.0 Å². The number of carbonyl (C=O) groups excluding carboxylic acids is 1. The molecule has 0 saturated carbocycles. The van der Waals surface area contributed by atoms with Gasteiger partial charge in [-0.25, -0.2) is 4.98 Å². The number of fused-ring (bicyclic) bond motifs is 1. The number of para-hydroxylation sites is 2. The van der Waals surface area contributed by atoms with Gasteiger partial charge in [0.25, 0.3) is 0 Å². The van der Waals surface area contributed by atoms with Crippen LogP contribution < -0.4 is 5.32 Å². The number of hydrogen-bond acceptors (Lipinski definition) is 5. The van der Waals surface area contributed by atoms with E-state index >= 15 is 0 Å². The zero-order valence-electron chi connectivity index (χ0n) is 19.6. The van der Waals surface area contributed by atoms with E-state index in [1.807, 2.05) is 36.4 Å². The fraction of sp³-hybridized carbons (Fsp3) is 0.385. The normalized spacial score (nSPS) is 12.5. The van der Waals surface area contributed by atoms with E-state index < -0.39 is 0 Å². The van der Waals surface area contributed by atoms with Crippen molar-refractivity contribution in [1.29, 1.82) is 0 Å². The molecule has 2 aromatic heterocycles. The molecule has 0 aliphatic heterocycles. The maximum atomic E-state index is 12.7. The third kappa shape index (κ3) is 5.66. The number of hydrogen-bond donors (Lipinski definition) is 2. The third-order valence-electron chi connectivity index (χ3n) is 5.65. The Bertz CT molecular complexity index is 1170. The molecule has 33 heavy (non-hydrogen) atoms. The maximum Gasteiger partial charge on any atom is 0.227 e. The van der Waals surface area contributed by atoms with Gasteiger partial charge in [-0.2, -0.15) is 4.98 Å². The van der Waals surface area contributed by atoms with Gasteiger partial charge in [0.1, 0.15) is 5.82 Å². The van der Waals surface area contributed by atoms with Crippen LogP contribution in [0.5, 0.6) is 0 Å². The Labute approximate surface area is 194 Å². The van der Waals surface area contributed by atoms with Crippen LogP contribution in [0.15, 0.2) is 53.1 Å². The molecule has 0 fully saturated rings. The molecule has 7 nitrogen and oxygen atoms in total. The second kappa shape index (κ2) is 9.98. The molecule has 1 unspecified atom stereocenters. The lowest BCUT2D eigenvalue weighted by Crippen LogP contribution is -2.30. The minimum Gasteiger partial charge on any atom is -0.346 e. The van der Waals surface area contributed by atoms with E-state index in [0.717, 1.165) is 28.8 Å². The Morgan fingerprint density at radius 3 is 2.48 bits per heavy atom. The molecule has 2 aromatic carbocycles. The van der Waals surface area contributed by atoms with Crippen molar-refractivity contribution in [3.8, 4) is 11.4 Å². The molecule has 0 aliphatic rings. The molecule has 0 radical (unpaired) electrons. The topological polar surface area (TPSA) is 96.7 Å². The summed E-state index contributed by atoms with van der Waals surface area (Å²) >= 11 is 0. The zero-order valence-corrected chi connectivity index (χ0v) is 19.6. The lowest BCUT2D eigenvalue weighted by Gasteiger charge is -2.18. The number of aromatic nitrogens is 4. The first-order chi connectivity index (χ1) is 15.9. The molecule has 0 bridgehead atoms. The van der Waals surface area contributed by atoms with Crippen LogP contribution in [-0.2, 0) is 11.2 Å². The highest BCUT2D eigenvalue weighted by Gasteiger charge is 2.20. The molecule has 0 saturated heterocycles. The number of carbonyl (C=O) groups is 1. The predicted molar refractivity (Wildman–Crippen MR) is 129 cm³/mol. The summed E-state index contributed by atoms with van der Waals surface area (Å²) in [6, 6.07) is 15.9. The third-order valence-corrected chi connectivity index (χ3v) is 5.65. The van der Waals surface area contributed by atoms with Gasteiger partial charge in [-0.15, -0.1) is 0 Å². The number of imidazole rings is 1. The van der Waals surface area contributed by atoms with Gasteiger partial charge >= 0.3 is 0 Å². The molecule has 2 N–H and O–H groups in total. The Morgan fingerprint density at radius 1 is 1.03 bits per heavy atom. The highest BCUT2D eigenvalue weighted by atomic mass is 16.5. The predicted octanol–water partition coefficient (Wildman–Crippen LogP) is 5.57. The molecule has 1 amide bonds. The summed E-state index contributed by atoms with van der Waals surface area (Å²) in [5, 5.41) is 7.21. The Kier molecular flexibility index (Phi) is 6.87. The summed E-state index contributed by atoms with van der Waals surface area (Å²) in [6.45, 7) is 8.59.